The maximum atomic E-state index is 13.9. The van der Waals surface area contributed by atoms with Gasteiger partial charge in [0, 0.05) is 12.6 Å². The molecule has 0 bridgehead atoms. The number of carbonyl (C=O) groups is 2. The zero-order valence-electron chi connectivity index (χ0n) is 19.9. The molecule has 1 N–H and O–H groups in total. The van der Waals surface area contributed by atoms with Crippen LogP contribution in [0.3, 0.4) is 0 Å². The minimum Gasteiger partial charge on any atom is -0.351 e. The van der Waals surface area contributed by atoms with E-state index in [1.54, 1.807) is 17.0 Å². The van der Waals surface area contributed by atoms with Gasteiger partial charge in [-0.1, -0.05) is 51.0 Å². The predicted molar refractivity (Wildman–Crippen MR) is 129 cm³/mol. The Balaban J connectivity index is 1.54. The summed E-state index contributed by atoms with van der Waals surface area (Å²) in [6, 6.07) is 13.8. The molecule has 34 heavy (non-hydrogen) atoms. The van der Waals surface area contributed by atoms with Crippen molar-refractivity contribution in [2.45, 2.75) is 64.7 Å². The zero-order chi connectivity index (χ0) is 24.0. The van der Waals surface area contributed by atoms with Gasteiger partial charge in [-0.3, -0.25) is 9.59 Å². The van der Waals surface area contributed by atoms with E-state index in [9.17, 15) is 14.0 Å². The molecule has 3 aromatic rings. The van der Waals surface area contributed by atoms with Crippen LogP contribution in [0.15, 0.2) is 48.5 Å². The van der Waals surface area contributed by atoms with Gasteiger partial charge in [0.2, 0.25) is 5.91 Å². The van der Waals surface area contributed by atoms with Gasteiger partial charge >= 0.3 is 0 Å². The van der Waals surface area contributed by atoms with Gasteiger partial charge in [0.05, 0.1) is 17.6 Å². The molecule has 1 aliphatic heterocycles. The maximum absolute atomic E-state index is 13.9. The normalized spacial score (nSPS) is 27.0. The van der Waals surface area contributed by atoms with Crippen molar-refractivity contribution in [1.82, 2.24) is 19.8 Å². The lowest BCUT2D eigenvalue weighted by atomic mass is 9.77. The molecule has 7 heteroatoms. The van der Waals surface area contributed by atoms with E-state index in [0.29, 0.717) is 24.2 Å². The summed E-state index contributed by atoms with van der Waals surface area (Å²) in [6.07, 6.45) is 3.20. The Bertz CT molecular complexity index is 1240. The molecule has 178 valence electrons. The Morgan fingerprint density at radius 2 is 1.88 bits per heavy atom. The minimum atomic E-state index is -1.12. The molecule has 1 aromatic heterocycles. The highest BCUT2D eigenvalue weighted by Crippen LogP contribution is 2.34. The van der Waals surface area contributed by atoms with Crippen molar-refractivity contribution in [3.8, 4) is 0 Å². The summed E-state index contributed by atoms with van der Waals surface area (Å²) in [5.74, 6) is 0.451. The van der Waals surface area contributed by atoms with Crippen molar-refractivity contribution in [2.75, 3.05) is 0 Å². The summed E-state index contributed by atoms with van der Waals surface area (Å²) >= 11 is 0. The van der Waals surface area contributed by atoms with Crippen LogP contribution in [0.4, 0.5) is 4.39 Å². The average Bonchev–Trinajstić information content (AvgIpc) is 3.19. The zero-order valence-corrected chi connectivity index (χ0v) is 19.9. The number of hydrogen-bond donors (Lipinski definition) is 1. The van der Waals surface area contributed by atoms with E-state index in [0.717, 1.165) is 29.4 Å². The van der Waals surface area contributed by atoms with Gasteiger partial charge in [0.15, 0.2) is 5.82 Å². The molecule has 0 spiro atoms. The molecule has 1 fully saturated rings. The molecule has 1 aliphatic carbocycles. The first-order valence-corrected chi connectivity index (χ1v) is 12.1. The van der Waals surface area contributed by atoms with Crippen LogP contribution in [-0.2, 0) is 17.9 Å². The molecule has 2 heterocycles. The Labute approximate surface area is 199 Å². The summed E-state index contributed by atoms with van der Waals surface area (Å²) in [7, 11) is 0. The third-order valence-electron chi connectivity index (χ3n) is 7.92. The molecule has 6 nitrogen and oxygen atoms in total. The second-order valence-electron chi connectivity index (χ2n) is 10.1. The van der Waals surface area contributed by atoms with Crippen LogP contribution in [-0.4, -0.2) is 37.8 Å². The van der Waals surface area contributed by atoms with E-state index in [1.807, 2.05) is 35.8 Å². The van der Waals surface area contributed by atoms with Crippen molar-refractivity contribution >= 4 is 22.8 Å². The lowest BCUT2D eigenvalue weighted by Gasteiger charge is -2.45. The number of rotatable bonds is 4. The van der Waals surface area contributed by atoms with Gasteiger partial charge in [-0.15, -0.1) is 0 Å². The van der Waals surface area contributed by atoms with Gasteiger partial charge in [-0.2, -0.15) is 0 Å². The minimum absolute atomic E-state index is 0.0803. The van der Waals surface area contributed by atoms with E-state index in [-0.39, 0.29) is 30.2 Å². The van der Waals surface area contributed by atoms with E-state index in [4.69, 9.17) is 0 Å². The highest BCUT2D eigenvalue weighted by Gasteiger charge is 2.49. The summed E-state index contributed by atoms with van der Waals surface area (Å²) in [5.41, 5.74) is 1.21. The monoisotopic (exact) mass is 462 g/mol. The Hall–Kier alpha value is -3.22. The average molecular weight is 463 g/mol. The van der Waals surface area contributed by atoms with E-state index in [1.165, 1.54) is 18.6 Å². The Kier molecular flexibility index (Phi) is 5.66. The fourth-order valence-electron chi connectivity index (χ4n) is 5.46. The van der Waals surface area contributed by atoms with E-state index >= 15 is 0 Å². The molecule has 5 rings (SSSR count). The van der Waals surface area contributed by atoms with Crippen LogP contribution < -0.4 is 5.32 Å². The maximum Gasteiger partial charge on any atom is 0.291 e. The van der Waals surface area contributed by atoms with E-state index in [2.05, 4.69) is 24.1 Å². The number of fused-ring (bicyclic) bond motifs is 3. The number of hydrogen-bond acceptors (Lipinski definition) is 3. The Morgan fingerprint density at radius 1 is 1.15 bits per heavy atom. The Morgan fingerprint density at radius 3 is 2.65 bits per heavy atom. The van der Waals surface area contributed by atoms with Crippen molar-refractivity contribution in [3.05, 3.63) is 65.7 Å². The number of benzene rings is 2. The number of para-hydroxylation sites is 2. The largest absolute Gasteiger partial charge is 0.351 e. The third kappa shape index (κ3) is 3.77. The highest BCUT2D eigenvalue weighted by atomic mass is 19.1. The van der Waals surface area contributed by atoms with Crippen LogP contribution >= 0.6 is 0 Å². The van der Waals surface area contributed by atoms with Crippen LogP contribution in [0.1, 0.15) is 56.2 Å². The second kappa shape index (κ2) is 8.53. The molecule has 2 aromatic carbocycles. The summed E-state index contributed by atoms with van der Waals surface area (Å²) in [5, 5.41) is 3.30. The second-order valence-corrected chi connectivity index (χ2v) is 10.1. The van der Waals surface area contributed by atoms with Crippen LogP contribution in [0.5, 0.6) is 0 Å². The first-order chi connectivity index (χ1) is 16.3. The quantitative estimate of drug-likeness (QED) is 0.619. The van der Waals surface area contributed by atoms with Gasteiger partial charge in [0.1, 0.15) is 11.4 Å². The summed E-state index contributed by atoms with van der Waals surface area (Å²) < 4.78 is 15.4. The third-order valence-corrected chi connectivity index (χ3v) is 7.92. The molecule has 2 aliphatic rings. The lowest BCUT2D eigenvalue weighted by molar-refractivity contribution is -0.134. The van der Waals surface area contributed by atoms with Crippen molar-refractivity contribution in [1.29, 1.82) is 0 Å². The molecule has 1 saturated carbocycles. The van der Waals surface area contributed by atoms with Gasteiger partial charge in [-0.25, -0.2) is 9.37 Å². The summed E-state index contributed by atoms with van der Waals surface area (Å²) in [4.78, 5) is 33.9. The summed E-state index contributed by atoms with van der Waals surface area (Å²) in [6.45, 7) is 6.76. The van der Waals surface area contributed by atoms with Crippen LogP contribution in [0.2, 0.25) is 0 Å². The molecule has 2 amide bonds. The fourth-order valence-corrected chi connectivity index (χ4v) is 5.46. The van der Waals surface area contributed by atoms with Crippen molar-refractivity contribution < 1.29 is 14.0 Å². The van der Waals surface area contributed by atoms with Gasteiger partial charge in [-0.05, 0) is 55.0 Å². The van der Waals surface area contributed by atoms with Crippen molar-refractivity contribution in [2.24, 2.45) is 11.8 Å². The van der Waals surface area contributed by atoms with Gasteiger partial charge in [0.25, 0.3) is 5.91 Å². The number of imidazole rings is 1. The fraction of sp³-hybridized carbons (Fsp3) is 0.444. The SMILES string of the molecule is CC1CCCC(NC(=O)C2(C)Cn3c(nc4ccccc43)C(=O)N2Cc2ccc(F)cc2)C1C. The smallest absolute Gasteiger partial charge is 0.291 e. The molecule has 0 saturated heterocycles. The van der Waals surface area contributed by atoms with Gasteiger partial charge < -0.3 is 14.8 Å². The number of aromatic nitrogens is 2. The molecular formula is C27H31FN4O2. The standard InChI is InChI=1S/C27H31FN4O2/c1-17-7-6-9-21(18(17)2)30-26(34)27(3)16-31-23-10-5-4-8-22(23)29-24(31)25(33)32(27)15-19-11-13-20(28)14-12-19/h4-5,8,10-14,17-18,21H,6-7,9,15-16H2,1-3H3,(H,30,34). The number of nitrogens with one attached hydrogen (secondary N) is 1. The lowest BCUT2D eigenvalue weighted by Crippen LogP contribution is -2.65. The highest BCUT2D eigenvalue weighted by molar-refractivity contribution is 6.01. The predicted octanol–water partition coefficient (Wildman–Crippen LogP) is 4.53. The van der Waals surface area contributed by atoms with Crippen LogP contribution in [0, 0.1) is 17.7 Å². The first-order valence-electron chi connectivity index (χ1n) is 12.1. The molecule has 4 atom stereocenters. The number of nitrogens with zero attached hydrogens (tertiary/aromatic N) is 3. The molecule has 4 unspecified atom stereocenters. The van der Waals surface area contributed by atoms with E-state index < -0.39 is 5.54 Å². The van der Waals surface area contributed by atoms with Crippen LogP contribution in [0.25, 0.3) is 11.0 Å². The molecular weight excluding hydrogens is 431 g/mol. The topological polar surface area (TPSA) is 67.2 Å². The number of carbonyl (C=O) groups excluding carboxylic acids is 2. The molecule has 0 radical (unpaired) electrons. The van der Waals surface area contributed by atoms with Crippen molar-refractivity contribution in [3.63, 3.8) is 0 Å². The number of halogens is 1. The number of amides is 2. The first kappa shape index (κ1) is 22.6.